The van der Waals surface area contributed by atoms with Crippen molar-refractivity contribution in [1.29, 1.82) is 0 Å². The van der Waals surface area contributed by atoms with E-state index in [1.165, 1.54) is 22.3 Å². The molecule has 1 aliphatic carbocycles. The van der Waals surface area contributed by atoms with Crippen LogP contribution < -0.4 is 5.30 Å². The Hall–Kier alpha value is -1.46. The Balaban J connectivity index is 2.22. The van der Waals surface area contributed by atoms with Crippen LogP contribution in [0.5, 0.6) is 0 Å². The van der Waals surface area contributed by atoms with Gasteiger partial charge in [0.1, 0.15) is 0 Å². The van der Waals surface area contributed by atoms with Gasteiger partial charge in [-0.1, -0.05) is 28.8 Å². The molecule has 0 radical (unpaired) electrons. The van der Waals surface area contributed by atoms with Crippen molar-refractivity contribution in [2.45, 2.75) is 6.42 Å². The maximum Gasteiger partial charge on any atom is 0.363 e. The van der Waals surface area contributed by atoms with E-state index >= 15 is 0 Å². The third-order valence-corrected chi connectivity index (χ3v) is 3.46. The zero-order valence-electron chi connectivity index (χ0n) is 8.16. The van der Waals surface area contributed by atoms with E-state index in [0.717, 1.165) is 11.7 Å². The van der Waals surface area contributed by atoms with E-state index in [2.05, 4.69) is 36.4 Å². The molecule has 1 nitrogen and oxygen atoms in total. The molecule has 0 N–H and O–H groups in total. The van der Waals surface area contributed by atoms with Gasteiger partial charge in [-0.2, -0.15) is 0 Å². The maximum absolute atomic E-state index is 10.8. The molecule has 0 amide bonds. The van der Waals surface area contributed by atoms with E-state index in [4.69, 9.17) is 0 Å². The summed E-state index contributed by atoms with van der Waals surface area (Å²) < 4.78 is 10.8. The number of hydrogen-bond donors (Lipinski definition) is 0. The van der Waals surface area contributed by atoms with Gasteiger partial charge in [0.2, 0.25) is 0 Å². The van der Waals surface area contributed by atoms with E-state index in [0.29, 0.717) is 0 Å². The van der Waals surface area contributed by atoms with Crippen LogP contribution >= 0.6 is 8.46 Å². The third-order valence-electron chi connectivity index (χ3n) is 2.91. The van der Waals surface area contributed by atoms with Crippen molar-refractivity contribution < 1.29 is 4.57 Å². The highest BCUT2D eigenvalue weighted by atomic mass is 31.1. The average molecular weight is 213 g/mol. The van der Waals surface area contributed by atoms with Crippen LogP contribution in [0.25, 0.3) is 11.1 Å². The summed E-state index contributed by atoms with van der Waals surface area (Å²) >= 11 is 0. The molecule has 0 aromatic heterocycles. The van der Waals surface area contributed by atoms with Crippen LogP contribution in [0.3, 0.4) is 0 Å². The fourth-order valence-electron chi connectivity index (χ4n) is 2.21. The number of hydrogen-bond acceptors (Lipinski definition) is 1. The third kappa shape index (κ3) is 1.32. The largest absolute Gasteiger partial charge is 0.363 e. The summed E-state index contributed by atoms with van der Waals surface area (Å²) in [6.07, 6.45) is 0.976. The monoisotopic (exact) mass is 213 g/mol. The van der Waals surface area contributed by atoms with E-state index in [1.807, 2.05) is 6.07 Å². The van der Waals surface area contributed by atoms with Gasteiger partial charge < -0.3 is 0 Å². The van der Waals surface area contributed by atoms with Crippen molar-refractivity contribution >= 4 is 13.8 Å². The molecule has 2 heteroatoms. The molecule has 0 saturated carbocycles. The van der Waals surface area contributed by atoms with Crippen LogP contribution in [0.4, 0.5) is 0 Å². The van der Waals surface area contributed by atoms with Crippen molar-refractivity contribution in [3.63, 3.8) is 0 Å². The Bertz CT molecular complexity index is 546. The molecule has 1 atom stereocenters. The van der Waals surface area contributed by atoms with Crippen molar-refractivity contribution in [1.82, 2.24) is 0 Å². The van der Waals surface area contributed by atoms with Crippen LogP contribution in [0.2, 0.25) is 0 Å². The van der Waals surface area contributed by atoms with Gasteiger partial charge in [0.15, 0.2) is 5.30 Å². The summed E-state index contributed by atoms with van der Waals surface area (Å²) in [6.45, 7) is 0. The van der Waals surface area contributed by atoms with E-state index < -0.39 is 0 Å². The number of benzene rings is 2. The first-order valence-corrected chi connectivity index (χ1v) is 5.88. The van der Waals surface area contributed by atoms with Crippen LogP contribution in [-0.4, -0.2) is 0 Å². The summed E-state index contributed by atoms with van der Waals surface area (Å²) in [5, 5.41) is 0.918. The van der Waals surface area contributed by atoms with Crippen LogP contribution in [0.1, 0.15) is 11.1 Å². The molecule has 15 heavy (non-hydrogen) atoms. The smallest absolute Gasteiger partial charge is 0.0707 e. The van der Waals surface area contributed by atoms with Gasteiger partial charge in [0, 0.05) is 0 Å². The van der Waals surface area contributed by atoms with Crippen molar-refractivity contribution in [3.8, 4) is 11.1 Å². The minimum absolute atomic E-state index is 0.350. The van der Waals surface area contributed by atoms with Gasteiger partial charge in [-0.15, -0.1) is 0 Å². The molecule has 0 saturated heterocycles. The molecular weight excluding hydrogens is 203 g/mol. The van der Waals surface area contributed by atoms with E-state index in [-0.39, 0.29) is 8.46 Å². The molecule has 0 fully saturated rings. The van der Waals surface area contributed by atoms with Crippen LogP contribution in [0.15, 0.2) is 42.5 Å². The highest BCUT2D eigenvalue weighted by Gasteiger charge is 2.18. The second kappa shape index (κ2) is 3.29. The molecule has 72 valence electrons. The summed E-state index contributed by atoms with van der Waals surface area (Å²) in [6, 6.07) is 14.5. The minimum atomic E-state index is -0.350. The molecule has 0 heterocycles. The van der Waals surface area contributed by atoms with Gasteiger partial charge in [-0.25, -0.2) is 0 Å². The van der Waals surface area contributed by atoms with Gasteiger partial charge >= 0.3 is 8.46 Å². The molecule has 0 spiro atoms. The van der Waals surface area contributed by atoms with Crippen molar-refractivity contribution in [2.75, 3.05) is 0 Å². The Morgan fingerprint density at radius 1 is 0.933 bits per heavy atom. The first kappa shape index (κ1) is 8.82. The Morgan fingerprint density at radius 3 is 2.60 bits per heavy atom. The van der Waals surface area contributed by atoms with E-state index in [9.17, 15) is 4.57 Å². The molecule has 0 aliphatic heterocycles. The lowest BCUT2D eigenvalue weighted by Crippen LogP contribution is -1.92. The SMILES string of the molecule is O=[PH+]c1ccc2c(c1)Cc1ccccc1-2. The molecular formula is C13H10OP+. The summed E-state index contributed by atoms with van der Waals surface area (Å²) in [7, 11) is -0.350. The second-order valence-corrected chi connectivity index (χ2v) is 4.59. The van der Waals surface area contributed by atoms with Crippen molar-refractivity contribution in [3.05, 3.63) is 53.6 Å². The first-order chi connectivity index (χ1) is 7.38. The Kier molecular flexibility index (Phi) is 1.93. The van der Waals surface area contributed by atoms with Crippen molar-refractivity contribution in [2.24, 2.45) is 0 Å². The Morgan fingerprint density at radius 2 is 1.73 bits per heavy atom. The first-order valence-electron chi connectivity index (χ1n) is 4.98. The number of fused-ring (bicyclic) bond motifs is 3. The van der Waals surface area contributed by atoms with E-state index in [1.54, 1.807) is 0 Å². The molecule has 2 aromatic carbocycles. The number of rotatable bonds is 1. The highest BCUT2D eigenvalue weighted by molar-refractivity contribution is 7.34. The predicted octanol–water partition coefficient (Wildman–Crippen LogP) is 2.91. The molecule has 3 rings (SSSR count). The normalized spacial score (nSPS) is 12.5. The van der Waals surface area contributed by atoms with Gasteiger partial charge in [-0.3, -0.25) is 0 Å². The minimum Gasteiger partial charge on any atom is -0.0707 e. The van der Waals surface area contributed by atoms with Gasteiger partial charge in [-0.05, 0) is 46.9 Å². The summed E-state index contributed by atoms with van der Waals surface area (Å²) in [5.41, 5.74) is 5.30. The topological polar surface area (TPSA) is 17.1 Å². The van der Waals surface area contributed by atoms with Crippen LogP contribution in [-0.2, 0) is 11.0 Å². The molecule has 0 bridgehead atoms. The lowest BCUT2D eigenvalue weighted by atomic mass is 10.1. The Labute approximate surface area is 90.0 Å². The van der Waals surface area contributed by atoms with Gasteiger partial charge in [0.25, 0.3) is 0 Å². The maximum atomic E-state index is 10.8. The lowest BCUT2D eigenvalue weighted by molar-refractivity contribution is 0.603. The molecule has 1 unspecified atom stereocenters. The fourth-order valence-corrected chi connectivity index (χ4v) is 2.59. The zero-order chi connectivity index (χ0) is 10.3. The predicted molar refractivity (Wildman–Crippen MR) is 63.3 cm³/mol. The standard InChI is InChI=1S/C13H9OP/c14-15-11-5-6-13-10(8-11)7-9-3-1-2-4-12(9)13/h1-6,8H,7H2/p+1. The summed E-state index contributed by atoms with van der Waals surface area (Å²) in [4.78, 5) is 0. The van der Waals surface area contributed by atoms with Crippen LogP contribution in [0, 0.1) is 0 Å². The average Bonchev–Trinajstić information content (AvgIpc) is 2.66. The fraction of sp³-hybridized carbons (Fsp3) is 0.0769. The second-order valence-electron chi connectivity index (χ2n) is 3.81. The quantitative estimate of drug-likeness (QED) is 0.568. The molecule has 1 aliphatic rings. The highest BCUT2D eigenvalue weighted by Crippen LogP contribution is 2.35. The lowest BCUT2D eigenvalue weighted by Gasteiger charge is -1.98. The summed E-state index contributed by atoms with van der Waals surface area (Å²) in [5.74, 6) is 0. The van der Waals surface area contributed by atoms with Gasteiger partial charge in [0.05, 0.1) is 0 Å². The zero-order valence-corrected chi connectivity index (χ0v) is 9.16. The molecule has 2 aromatic rings.